The summed E-state index contributed by atoms with van der Waals surface area (Å²) in [6, 6.07) is 10.6. The Hall–Kier alpha value is -2.73. The molecule has 0 unspecified atom stereocenters. The van der Waals surface area contributed by atoms with Crippen LogP contribution in [-0.2, 0) is 6.54 Å². The van der Waals surface area contributed by atoms with Crippen molar-refractivity contribution in [1.29, 1.82) is 0 Å². The summed E-state index contributed by atoms with van der Waals surface area (Å²) < 4.78 is 11.0. The van der Waals surface area contributed by atoms with Crippen LogP contribution in [-0.4, -0.2) is 36.0 Å². The average Bonchev–Trinajstić information content (AvgIpc) is 2.60. The zero-order chi connectivity index (χ0) is 18.2. The van der Waals surface area contributed by atoms with Crippen LogP contribution in [0.1, 0.15) is 28.4 Å². The molecule has 25 heavy (non-hydrogen) atoms. The topological polar surface area (TPSA) is 88.0 Å². The Kier molecular flexibility index (Phi) is 6.65. The lowest BCUT2D eigenvalue weighted by Gasteiger charge is -2.14. The predicted octanol–water partition coefficient (Wildman–Crippen LogP) is 3.08. The van der Waals surface area contributed by atoms with Crippen LogP contribution < -0.4 is 14.8 Å². The van der Waals surface area contributed by atoms with Gasteiger partial charge in [-0.2, -0.15) is 0 Å². The summed E-state index contributed by atoms with van der Waals surface area (Å²) in [5.41, 5.74) is 2.96. The van der Waals surface area contributed by atoms with E-state index < -0.39 is 5.97 Å². The first-order valence-electron chi connectivity index (χ1n) is 8.12. The molecule has 0 heterocycles. The summed E-state index contributed by atoms with van der Waals surface area (Å²) in [7, 11) is 0. The molecule has 0 aliphatic heterocycles. The normalized spacial score (nSPS) is 10.4. The van der Waals surface area contributed by atoms with E-state index in [1.54, 1.807) is 24.3 Å². The van der Waals surface area contributed by atoms with E-state index >= 15 is 0 Å². The highest BCUT2D eigenvalue weighted by Crippen LogP contribution is 2.29. The quantitative estimate of drug-likeness (QED) is 0.647. The van der Waals surface area contributed by atoms with E-state index in [0.29, 0.717) is 24.7 Å². The average molecular weight is 345 g/mol. The first kappa shape index (κ1) is 18.6. The van der Waals surface area contributed by atoms with E-state index in [1.165, 1.54) is 0 Å². The molecule has 0 saturated carbocycles. The van der Waals surface area contributed by atoms with Crippen molar-refractivity contribution in [2.24, 2.45) is 0 Å². The van der Waals surface area contributed by atoms with E-state index in [0.717, 1.165) is 16.8 Å². The van der Waals surface area contributed by atoms with Crippen LogP contribution in [0.3, 0.4) is 0 Å². The Morgan fingerprint density at radius 2 is 1.92 bits per heavy atom. The molecule has 0 aliphatic carbocycles. The van der Waals surface area contributed by atoms with Crippen LogP contribution in [0.2, 0.25) is 0 Å². The van der Waals surface area contributed by atoms with Gasteiger partial charge < -0.3 is 25.0 Å². The summed E-state index contributed by atoms with van der Waals surface area (Å²) in [6.07, 6.45) is 0. The summed E-state index contributed by atoms with van der Waals surface area (Å²) in [6.45, 7) is 4.98. The van der Waals surface area contributed by atoms with E-state index in [1.807, 2.05) is 26.0 Å². The number of carbonyl (C=O) groups is 1. The third-order valence-corrected chi connectivity index (χ3v) is 3.62. The molecule has 0 aromatic heterocycles. The van der Waals surface area contributed by atoms with Crippen LogP contribution in [0.25, 0.3) is 0 Å². The van der Waals surface area contributed by atoms with Crippen LogP contribution in [0.4, 0.5) is 5.69 Å². The Labute approximate surface area is 147 Å². The van der Waals surface area contributed by atoms with Crippen LogP contribution in [0, 0.1) is 6.92 Å². The molecular weight excluding hydrogens is 322 g/mol. The maximum Gasteiger partial charge on any atom is 0.335 e. The third kappa shape index (κ3) is 5.12. The third-order valence-electron chi connectivity index (χ3n) is 3.62. The number of aromatic carboxylic acids is 1. The lowest BCUT2D eigenvalue weighted by atomic mass is 10.1. The molecule has 2 aromatic rings. The molecule has 0 atom stereocenters. The van der Waals surface area contributed by atoms with Crippen LogP contribution >= 0.6 is 0 Å². The zero-order valence-electron chi connectivity index (χ0n) is 14.4. The van der Waals surface area contributed by atoms with Crippen molar-refractivity contribution < 1.29 is 24.5 Å². The largest absolute Gasteiger partial charge is 0.490 e. The van der Waals surface area contributed by atoms with Crippen molar-refractivity contribution in [3.05, 3.63) is 53.1 Å². The first-order valence-corrected chi connectivity index (χ1v) is 8.12. The number of anilines is 1. The summed E-state index contributed by atoms with van der Waals surface area (Å²) in [4.78, 5) is 11.1. The first-order chi connectivity index (χ1) is 12.0. The van der Waals surface area contributed by atoms with Gasteiger partial charge >= 0.3 is 5.97 Å². The van der Waals surface area contributed by atoms with Crippen molar-refractivity contribution >= 4 is 11.7 Å². The minimum atomic E-state index is -0.952. The molecule has 2 rings (SSSR count). The van der Waals surface area contributed by atoms with Gasteiger partial charge in [-0.1, -0.05) is 12.1 Å². The van der Waals surface area contributed by atoms with Gasteiger partial charge in [-0.25, -0.2) is 4.79 Å². The smallest absolute Gasteiger partial charge is 0.335 e. The van der Waals surface area contributed by atoms with Gasteiger partial charge in [0.15, 0.2) is 11.5 Å². The molecule has 0 spiro atoms. The number of rotatable bonds is 9. The molecule has 3 N–H and O–H groups in total. The molecule has 0 saturated heterocycles. The van der Waals surface area contributed by atoms with E-state index in [9.17, 15) is 4.79 Å². The number of aliphatic hydroxyl groups is 1. The molecule has 0 bridgehead atoms. The van der Waals surface area contributed by atoms with E-state index in [-0.39, 0.29) is 18.8 Å². The molecule has 134 valence electrons. The Balaban J connectivity index is 2.13. The maximum absolute atomic E-state index is 11.1. The van der Waals surface area contributed by atoms with Crippen LogP contribution in [0.5, 0.6) is 11.5 Å². The van der Waals surface area contributed by atoms with Crippen molar-refractivity contribution in [3.63, 3.8) is 0 Å². The fraction of sp³-hybridized carbons (Fsp3) is 0.316. The van der Waals surface area contributed by atoms with Gasteiger partial charge in [0.1, 0.15) is 6.61 Å². The predicted molar refractivity (Wildman–Crippen MR) is 95.7 cm³/mol. The Morgan fingerprint density at radius 3 is 2.60 bits per heavy atom. The van der Waals surface area contributed by atoms with Gasteiger partial charge in [0.25, 0.3) is 0 Å². The Bertz CT molecular complexity index is 730. The van der Waals surface area contributed by atoms with Crippen molar-refractivity contribution in [3.8, 4) is 11.5 Å². The summed E-state index contributed by atoms with van der Waals surface area (Å²) in [5, 5.41) is 21.2. The minimum absolute atomic E-state index is 0.0614. The molecule has 0 amide bonds. The summed E-state index contributed by atoms with van der Waals surface area (Å²) in [5.74, 6) is 0.252. The number of aryl methyl sites for hydroxylation is 1. The molecule has 0 aliphatic rings. The highest BCUT2D eigenvalue weighted by molar-refractivity contribution is 5.89. The second-order valence-corrected chi connectivity index (χ2v) is 5.47. The molecule has 0 radical (unpaired) electrons. The number of carboxylic acid groups (broad SMARTS) is 1. The highest BCUT2D eigenvalue weighted by Gasteiger charge is 2.09. The zero-order valence-corrected chi connectivity index (χ0v) is 14.4. The fourth-order valence-electron chi connectivity index (χ4n) is 2.35. The second kappa shape index (κ2) is 8.94. The highest BCUT2D eigenvalue weighted by atomic mass is 16.5. The molecule has 0 fully saturated rings. The molecular formula is C19H23NO5. The number of hydrogen-bond donors (Lipinski definition) is 3. The van der Waals surface area contributed by atoms with Gasteiger partial charge in [0, 0.05) is 12.2 Å². The lowest BCUT2D eigenvalue weighted by molar-refractivity contribution is 0.0697. The Morgan fingerprint density at radius 1 is 1.12 bits per heavy atom. The van der Waals surface area contributed by atoms with Crippen molar-refractivity contribution in [1.82, 2.24) is 0 Å². The summed E-state index contributed by atoms with van der Waals surface area (Å²) >= 11 is 0. The van der Waals surface area contributed by atoms with E-state index in [4.69, 9.17) is 19.7 Å². The number of hydrogen-bond acceptors (Lipinski definition) is 5. The molecule has 2 aromatic carbocycles. The minimum Gasteiger partial charge on any atom is -0.490 e. The molecule has 6 heteroatoms. The monoisotopic (exact) mass is 345 g/mol. The SMILES string of the molecule is CCOc1cc(CNc2cc(C(=O)O)ccc2C)ccc1OCCO. The lowest BCUT2D eigenvalue weighted by Crippen LogP contribution is -2.06. The number of aliphatic hydroxyl groups excluding tert-OH is 1. The number of nitrogens with one attached hydrogen (secondary N) is 1. The number of carboxylic acids is 1. The number of ether oxygens (including phenoxy) is 2. The van der Waals surface area contributed by atoms with Gasteiger partial charge in [0.05, 0.1) is 18.8 Å². The van der Waals surface area contributed by atoms with Crippen LogP contribution in [0.15, 0.2) is 36.4 Å². The standard InChI is InChI=1S/C19H23NO5/c1-3-24-18-10-14(5-7-17(18)25-9-8-21)12-20-16-11-15(19(22)23)6-4-13(16)2/h4-7,10-11,20-21H,3,8-9,12H2,1-2H3,(H,22,23). The molecule has 6 nitrogen and oxygen atoms in total. The number of benzene rings is 2. The van der Waals surface area contributed by atoms with Gasteiger partial charge in [-0.15, -0.1) is 0 Å². The van der Waals surface area contributed by atoms with Gasteiger partial charge in [-0.05, 0) is 49.2 Å². The van der Waals surface area contributed by atoms with Gasteiger partial charge in [0.2, 0.25) is 0 Å². The van der Waals surface area contributed by atoms with E-state index in [2.05, 4.69) is 5.32 Å². The second-order valence-electron chi connectivity index (χ2n) is 5.47. The van der Waals surface area contributed by atoms with Crippen molar-refractivity contribution in [2.45, 2.75) is 20.4 Å². The maximum atomic E-state index is 11.1. The fourth-order valence-corrected chi connectivity index (χ4v) is 2.35. The van der Waals surface area contributed by atoms with Crippen molar-refractivity contribution in [2.75, 3.05) is 25.1 Å². The van der Waals surface area contributed by atoms with Gasteiger partial charge in [-0.3, -0.25) is 0 Å².